The molecule has 0 spiro atoms. The summed E-state index contributed by atoms with van der Waals surface area (Å²) >= 11 is 0. The van der Waals surface area contributed by atoms with Crippen molar-refractivity contribution in [3.63, 3.8) is 0 Å². The van der Waals surface area contributed by atoms with Crippen LogP contribution in [0.5, 0.6) is 11.5 Å². The Kier molecular flexibility index (Phi) is 5.33. The van der Waals surface area contributed by atoms with Gasteiger partial charge in [0, 0.05) is 27.3 Å². The van der Waals surface area contributed by atoms with Crippen molar-refractivity contribution in [3.05, 3.63) is 30.1 Å². The van der Waals surface area contributed by atoms with Gasteiger partial charge in [-0.15, -0.1) is 0 Å². The van der Waals surface area contributed by atoms with Crippen molar-refractivity contribution < 1.29 is 19.1 Å². The minimum atomic E-state index is -0.443. The zero-order valence-electron chi connectivity index (χ0n) is 14.7. The average Bonchev–Trinajstić information content (AvgIpc) is 2.72. The van der Waals surface area contributed by atoms with Crippen LogP contribution in [0, 0.1) is 0 Å². The first-order valence-electron chi connectivity index (χ1n) is 7.81. The first-order chi connectivity index (χ1) is 11.4. The van der Waals surface area contributed by atoms with E-state index in [9.17, 15) is 9.59 Å². The van der Waals surface area contributed by atoms with E-state index >= 15 is 0 Å². The molecule has 1 heterocycles. The summed E-state index contributed by atoms with van der Waals surface area (Å²) in [5.74, 6) is 0.457. The van der Waals surface area contributed by atoms with E-state index in [4.69, 9.17) is 9.47 Å². The Morgan fingerprint density at radius 1 is 1.08 bits per heavy atom. The molecule has 2 rings (SSSR count). The first-order valence-corrected chi connectivity index (χ1v) is 7.81. The van der Waals surface area contributed by atoms with Crippen LogP contribution in [-0.4, -0.2) is 56.1 Å². The number of imide groups is 1. The quantitative estimate of drug-likeness (QED) is 0.590. The fourth-order valence-electron chi connectivity index (χ4n) is 2.45. The van der Waals surface area contributed by atoms with Gasteiger partial charge in [0.2, 0.25) is 0 Å². The molecule has 0 aromatic heterocycles. The lowest BCUT2D eigenvalue weighted by Crippen LogP contribution is -2.32. The van der Waals surface area contributed by atoms with Crippen molar-refractivity contribution in [1.29, 1.82) is 0 Å². The maximum Gasteiger partial charge on any atom is 0.336 e. The van der Waals surface area contributed by atoms with E-state index in [1.807, 2.05) is 13.8 Å². The number of hydrogen-bond acceptors (Lipinski definition) is 5. The van der Waals surface area contributed by atoms with Crippen LogP contribution in [0.15, 0.2) is 30.1 Å². The second-order valence-corrected chi connectivity index (χ2v) is 5.43. The highest BCUT2D eigenvalue weighted by Crippen LogP contribution is 2.41. The van der Waals surface area contributed by atoms with Crippen molar-refractivity contribution in [3.8, 4) is 11.5 Å². The number of benzene rings is 1. The molecule has 24 heavy (non-hydrogen) atoms. The van der Waals surface area contributed by atoms with Crippen LogP contribution in [0.1, 0.15) is 13.8 Å². The van der Waals surface area contributed by atoms with Crippen molar-refractivity contribution in [2.75, 3.05) is 39.3 Å². The summed E-state index contributed by atoms with van der Waals surface area (Å²) in [6, 6.07) is 4.76. The Hall–Kier alpha value is -2.70. The van der Waals surface area contributed by atoms with E-state index in [1.165, 1.54) is 4.90 Å². The van der Waals surface area contributed by atoms with E-state index in [2.05, 4.69) is 0 Å². The van der Waals surface area contributed by atoms with Crippen LogP contribution in [0.25, 0.3) is 0 Å². The zero-order valence-corrected chi connectivity index (χ0v) is 14.7. The average molecular weight is 333 g/mol. The molecule has 1 aliphatic heterocycles. The summed E-state index contributed by atoms with van der Waals surface area (Å²) in [7, 11) is 5.15. The van der Waals surface area contributed by atoms with Gasteiger partial charge in [0.15, 0.2) is 0 Å². The molecule has 7 nitrogen and oxygen atoms in total. The monoisotopic (exact) mass is 333 g/mol. The number of carbonyl (C=O) groups is 2. The minimum absolute atomic E-state index is 0.291. The van der Waals surface area contributed by atoms with Gasteiger partial charge in [0.05, 0.1) is 13.2 Å². The Morgan fingerprint density at radius 3 is 2.08 bits per heavy atom. The van der Waals surface area contributed by atoms with Gasteiger partial charge in [-0.3, -0.25) is 9.69 Å². The van der Waals surface area contributed by atoms with Crippen LogP contribution in [0.3, 0.4) is 0 Å². The molecule has 0 unspecified atom stereocenters. The Bertz CT molecular complexity index is 646. The summed E-state index contributed by atoms with van der Waals surface area (Å²) in [6.07, 6.45) is 1.61. The molecule has 0 aliphatic carbocycles. The third-order valence-corrected chi connectivity index (χ3v) is 3.43. The van der Waals surface area contributed by atoms with Gasteiger partial charge < -0.3 is 14.4 Å². The van der Waals surface area contributed by atoms with Crippen molar-refractivity contribution in [2.45, 2.75) is 13.8 Å². The van der Waals surface area contributed by atoms with E-state index in [0.29, 0.717) is 36.1 Å². The summed E-state index contributed by atoms with van der Waals surface area (Å²) in [4.78, 5) is 29.7. The van der Waals surface area contributed by atoms with Gasteiger partial charge in [0.1, 0.15) is 22.9 Å². The molecule has 0 atom stereocenters. The molecule has 1 fully saturated rings. The Balaban J connectivity index is 2.58. The lowest BCUT2D eigenvalue weighted by Gasteiger charge is -2.20. The van der Waals surface area contributed by atoms with Crippen LogP contribution < -0.4 is 14.4 Å². The van der Waals surface area contributed by atoms with Gasteiger partial charge in [0.25, 0.3) is 5.91 Å². The van der Waals surface area contributed by atoms with Crippen LogP contribution >= 0.6 is 0 Å². The minimum Gasteiger partial charge on any atom is -0.492 e. The molecule has 3 amide bonds. The molecule has 0 N–H and O–H groups in total. The van der Waals surface area contributed by atoms with Gasteiger partial charge in [-0.1, -0.05) is 6.07 Å². The van der Waals surface area contributed by atoms with Gasteiger partial charge in [-0.2, -0.15) is 0 Å². The third kappa shape index (κ3) is 3.15. The molecule has 1 saturated heterocycles. The second kappa shape index (κ2) is 7.25. The maximum atomic E-state index is 12.8. The summed E-state index contributed by atoms with van der Waals surface area (Å²) in [6.45, 7) is 4.51. The number of rotatable bonds is 6. The standard InChI is InChI=1S/C17H23N3O4/c1-6-23-13-9-8-10-14(24-7-2)15(13)20-16(21)12(11-18(3)4)19(5)17(20)22/h8-11H,6-7H2,1-5H3. The number of para-hydroxylation sites is 1. The zero-order chi connectivity index (χ0) is 17.9. The highest BCUT2D eigenvalue weighted by molar-refractivity contribution is 6.27. The van der Waals surface area contributed by atoms with E-state index in [0.717, 1.165) is 4.90 Å². The number of hydrogen-bond donors (Lipinski definition) is 0. The first kappa shape index (κ1) is 17.7. The van der Waals surface area contributed by atoms with Crippen molar-refractivity contribution >= 4 is 17.6 Å². The lowest BCUT2D eigenvalue weighted by atomic mass is 10.2. The number of likely N-dealkylation sites (N-methyl/N-ethyl adjacent to an activating group) is 1. The fraction of sp³-hybridized carbons (Fsp3) is 0.412. The molecule has 7 heteroatoms. The van der Waals surface area contributed by atoms with E-state index in [-0.39, 0.29) is 0 Å². The number of nitrogens with zero attached hydrogens (tertiary/aromatic N) is 3. The summed E-state index contributed by atoms with van der Waals surface area (Å²) < 4.78 is 11.2. The molecule has 0 bridgehead atoms. The molecule has 130 valence electrons. The largest absolute Gasteiger partial charge is 0.492 e. The molecular formula is C17H23N3O4. The number of anilines is 1. The highest BCUT2D eigenvalue weighted by Gasteiger charge is 2.42. The predicted molar refractivity (Wildman–Crippen MR) is 91.2 cm³/mol. The smallest absolute Gasteiger partial charge is 0.336 e. The predicted octanol–water partition coefficient (Wildman–Crippen LogP) is 2.29. The lowest BCUT2D eigenvalue weighted by molar-refractivity contribution is -0.114. The topological polar surface area (TPSA) is 62.3 Å². The summed E-state index contributed by atoms with van der Waals surface area (Å²) in [5.41, 5.74) is 0.629. The molecule has 0 radical (unpaired) electrons. The van der Waals surface area contributed by atoms with Crippen LogP contribution in [-0.2, 0) is 4.79 Å². The van der Waals surface area contributed by atoms with Crippen molar-refractivity contribution in [1.82, 2.24) is 9.80 Å². The van der Waals surface area contributed by atoms with Crippen molar-refractivity contribution in [2.24, 2.45) is 0 Å². The molecule has 1 aliphatic rings. The third-order valence-electron chi connectivity index (χ3n) is 3.43. The SMILES string of the molecule is CCOc1cccc(OCC)c1N1C(=O)C(=CN(C)C)N(C)C1=O. The van der Waals surface area contributed by atoms with E-state index in [1.54, 1.807) is 50.4 Å². The number of carbonyl (C=O) groups excluding carboxylic acids is 2. The summed E-state index contributed by atoms with van der Waals surface area (Å²) in [5, 5.41) is 0. The number of ether oxygens (including phenoxy) is 2. The molecular weight excluding hydrogens is 310 g/mol. The molecule has 1 aromatic carbocycles. The van der Waals surface area contributed by atoms with Gasteiger partial charge in [-0.05, 0) is 26.0 Å². The Labute approximate surface area is 142 Å². The van der Waals surface area contributed by atoms with Crippen LogP contribution in [0.2, 0.25) is 0 Å². The number of amides is 3. The van der Waals surface area contributed by atoms with E-state index < -0.39 is 11.9 Å². The highest BCUT2D eigenvalue weighted by atomic mass is 16.5. The molecule has 1 aromatic rings. The maximum absolute atomic E-state index is 12.8. The number of urea groups is 1. The van der Waals surface area contributed by atoms with Crippen LogP contribution in [0.4, 0.5) is 10.5 Å². The van der Waals surface area contributed by atoms with Gasteiger partial charge in [-0.25, -0.2) is 9.69 Å². The second-order valence-electron chi connectivity index (χ2n) is 5.43. The normalized spacial score (nSPS) is 16.1. The van der Waals surface area contributed by atoms with Gasteiger partial charge >= 0.3 is 6.03 Å². The fourth-order valence-corrected chi connectivity index (χ4v) is 2.45. The Morgan fingerprint density at radius 2 is 1.62 bits per heavy atom. The molecule has 0 saturated carbocycles.